The van der Waals surface area contributed by atoms with E-state index in [0.29, 0.717) is 4.67 Å². The Hall–Kier alpha value is -1.40. The van der Waals surface area contributed by atoms with Crippen LogP contribution in [0.4, 0.5) is 5.82 Å². The highest BCUT2D eigenvalue weighted by molar-refractivity contribution is 7.67. The number of nitrogen functional groups attached to an aromatic ring is 1. The number of likely N-dealkylation sites (N-methyl/N-ethyl adjacent to an activating group) is 1. The van der Waals surface area contributed by atoms with Crippen LogP contribution in [0.25, 0.3) is 11.2 Å². The highest BCUT2D eigenvalue weighted by Crippen LogP contribution is 2.68. The topological polar surface area (TPSA) is 282 Å². The third-order valence-electron chi connectivity index (χ3n) is 4.67. The molecule has 7 atom stereocenters. The van der Waals surface area contributed by atoms with E-state index in [9.17, 15) is 38.6 Å². The molecular weight excluding hydrogens is 541 g/mol. The molecule has 3 unspecified atom stereocenters. The van der Waals surface area contributed by atoms with Gasteiger partial charge in [-0.1, -0.05) is 0 Å². The highest BCUT2D eigenvalue weighted by Gasteiger charge is 2.47. The summed E-state index contributed by atoms with van der Waals surface area (Å²) in [5, 5.41) is 29.4. The maximum absolute atomic E-state index is 12.1. The summed E-state index contributed by atoms with van der Waals surface area (Å²) in [6.45, 7) is -1.98. The summed E-state index contributed by atoms with van der Waals surface area (Å²) < 4.78 is 55.8. The number of phosphoric acid groups is 2. The number of phosphoric ester groups is 1. The van der Waals surface area contributed by atoms with Crippen molar-refractivity contribution in [2.45, 2.75) is 24.5 Å². The Morgan fingerprint density at radius 2 is 1.80 bits per heavy atom. The van der Waals surface area contributed by atoms with E-state index in [1.54, 1.807) is 0 Å². The zero-order valence-electron chi connectivity index (χ0n) is 17.8. The predicted octanol–water partition coefficient (Wildman–Crippen LogP) is -1.70. The van der Waals surface area contributed by atoms with Gasteiger partial charge in [-0.15, -0.1) is 0 Å². The van der Waals surface area contributed by atoms with E-state index in [2.05, 4.69) is 28.1 Å². The zero-order chi connectivity index (χ0) is 26.2. The Kier molecular flexibility index (Phi) is 8.48. The van der Waals surface area contributed by atoms with Gasteiger partial charge >= 0.3 is 23.4 Å². The monoisotopic (exact) mass is 564 g/mol. The number of ether oxygens (including phenoxy) is 1. The molecule has 0 aromatic carbocycles. The van der Waals surface area contributed by atoms with E-state index in [0.717, 1.165) is 13.4 Å². The number of nitrogens with two attached hydrogens (primary N) is 1. The molecule has 19 nitrogen and oxygen atoms in total. The molecule has 0 aliphatic carbocycles. The second-order valence-electron chi connectivity index (χ2n) is 7.12. The first-order valence-electron chi connectivity index (χ1n) is 9.50. The van der Waals surface area contributed by atoms with Crippen LogP contribution in [0.2, 0.25) is 0 Å². The summed E-state index contributed by atoms with van der Waals surface area (Å²) in [7, 11) is -15.1. The smallest absolute Gasteiger partial charge is 0.395 e. The summed E-state index contributed by atoms with van der Waals surface area (Å²) >= 11 is 0. The fourth-order valence-electron chi connectivity index (χ4n) is 2.96. The number of nitrogens with zero attached hydrogens (tertiary/aromatic N) is 5. The van der Waals surface area contributed by atoms with Gasteiger partial charge in [-0.05, 0) is 7.05 Å². The van der Waals surface area contributed by atoms with E-state index < -0.39 is 67.7 Å². The lowest BCUT2D eigenvalue weighted by molar-refractivity contribution is -0.0503. The van der Waals surface area contributed by atoms with Crippen molar-refractivity contribution >= 4 is 40.4 Å². The van der Waals surface area contributed by atoms with E-state index in [-0.39, 0.29) is 17.0 Å². The molecule has 0 amide bonds. The van der Waals surface area contributed by atoms with Crippen LogP contribution in [-0.2, 0) is 31.6 Å². The number of rotatable bonds is 11. The molecule has 3 heterocycles. The van der Waals surface area contributed by atoms with Crippen LogP contribution >= 0.6 is 23.4 Å². The van der Waals surface area contributed by atoms with E-state index in [1.165, 1.54) is 10.9 Å². The molecule has 198 valence electrons. The third-order valence-corrected chi connectivity index (χ3v) is 9.54. The molecule has 0 bridgehead atoms. The molecule has 1 aliphatic heterocycles. The van der Waals surface area contributed by atoms with Crippen LogP contribution in [0.15, 0.2) is 12.7 Å². The molecule has 35 heavy (non-hydrogen) atoms. The van der Waals surface area contributed by atoms with Gasteiger partial charge in [0.1, 0.15) is 30.2 Å². The maximum atomic E-state index is 12.1. The number of aliphatic hydroxyl groups is 3. The number of anilines is 1. The number of aliphatic hydroxyl groups excluding tert-OH is 3. The van der Waals surface area contributed by atoms with Crippen LogP contribution in [0, 0.1) is 0 Å². The minimum absolute atomic E-state index is 0.0469. The first-order chi connectivity index (χ1) is 16.2. The maximum Gasteiger partial charge on any atom is 0.489 e. The third kappa shape index (κ3) is 6.49. The average molecular weight is 564 g/mol. The van der Waals surface area contributed by atoms with Gasteiger partial charge in [0.15, 0.2) is 17.7 Å². The SMILES string of the molecule is CN(CCO)P(=O)(O)OP(=O)(O)OP(=O)(O)OC[C@H]1O[C@@H](n2cnc3c(N)ncnc32)[C@H](O)[C@@H]1O. The van der Waals surface area contributed by atoms with E-state index in [4.69, 9.17) is 15.6 Å². The Bertz CT molecular complexity index is 1200. The zero-order valence-corrected chi connectivity index (χ0v) is 20.5. The van der Waals surface area contributed by atoms with Gasteiger partial charge < -0.3 is 40.5 Å². The summed E-state index contributed by atoms with van der Waals surface area (Å²) in [6.07, 6.45) is -3.65. The minimum Gasteiger partial charge on any atom is -0.395 e. The van der Waals surface area contributed by atoms with Gasteiger partial charge in [0.2, 0.25) is 0 Å². The second-order valence-corrected chi connectivity index (χ2v) is 12.2. The van der Waals surface area contributed by atoms with Crippen molar-refractivity contribution in [1.82, 2.24) is 24.2 Å². The largest absolute Gasteiger partial charge is 0.489 e. The number of imidazole rings is 1. The van der Waals surface area contributed by atoms with Gasteiger partial charge in [-0.25, -0.2) is 33.3 Å². The first kappa shape index (κ1) is 28.2. The molecule has 3 rings (SSSR count). The minimum atomic E-state index is -5.65. The van der Waals surface area contributed by atoms with Gasteiger partial charge in [-0.2, -0.15) is 8.62 Å². The fourth-order valence-corrected chi connectivity index (χ4v) is 6.83. The molecule has 0 saturated carbocycles. The van der Waals surface area contributed by atoms with E-state index in [1.807, 2.05) is 0 Å². The van der Waals surface area contributed by atoms with Crippen LogP contribution in [0.3, 0.4) is 0 Å². The Morgan fingerprint density at radius 3 is 2.46 bits per heavy atom. The standard InChI is InChI=1S/C13H23N6O13P3/c1-18(2-3-20)33(23,24)31-35(27,28)32-34(25,26)29-4-7-9(21)10(22)13(30-7)19-6-17-8-11(14)15-5-16-12(8)19/h5-7,9-10,13,20-22H,2-4H2,1H3,(H,23,24)(H,25,26)(H,27,28)(H2,14,15,16)/t7-,9-,10-,13-/m1/s1. The molecule has 1 aliphatic rings. The molecule has 0 radical (unpaired) electrons. The van der Waals surface area contributed by atoms with Crippen molar-refractivity contribution in [1.29, 1.82) is 0 Å². The van der Waals surface area contributed by atoms with Crippen molar-refractivity contribution < 1.29 is 61.6 Å². The van der Waals surface area contributed by atoms with Crippen LogP contribution < -0.4 is 5.73 Å². The van der Waals surface area contributed by atoms with E-state index >= 15 is 0 Å². The lowest BCUT2D eigenvalue weighted by Gasteiger charge is -2.24. The van der Waals surface area contributed by atoms with Crippen LogP contribution in [0.1, 0.15) is 6.23 Å². The number of aromatic nitrogens is 4. The highest BCUT2D eigenvalue weighted by atomic mass is 31.3. The Morgan fingerprint density at radius 1 is 1.11 bits per heavy atom. The molecule has 22 heteroatoms. The first-order valence-corrected chi connectivity index (χ1v) is 14.0. The molecule has 2 aromatic heterocycles. The number of hydrogen-bond acceptors (Lipinski definition) is 14. The van der Waals surface area contributed by atoms with Gasteiger partial charge in [-0.3, -0.25) is 9.09 Å². The van der Waals surface area contributed by atoms with Crippen molar-refractivity contribution in [3.8, 4) is 0 Å². The predicted molar refractivity (Wildman–Crippen MR) is 113 cm³/mol. The lowest BCUT2D eigenvalue weighted by atomic mass is 10.1. The molecule has 1 fully saturated rings. The molecule has 8 N–H and O–H groups in total. The summed E-state index contributed by atoms with van der Waals surface area (Å²) in [4.78, 5) is 40.7. The van der Waals surface area contributed by atoms with Crippen molar-refractivity contribution in [2.75, 3.05) is 32.5 Å². The quantitative estimate of drug-likeness (QED) is 0.150. The van der Waals surface area contributed by atoms with Crippen molar-refractivity contribution in [3.63, 3.8) is 0 Å². The van der Waals surface area contributed by atoms with Gasteiger partial charge in [0.25, 0.3) is 0 Å². The Balaban J connectivity index is 1.65. The summed E-state index contributed by atoms with van der Waals surface area (Å²) in [6, 6.07) is 0. The fraction of sp³-hybridized carbons (Fsp3) is 0.615. The number of hydrogen-bond donors (Lipinski definition) is 7. The lowest BCUT2D eigenvalue weighted by Crippen LogP contribution is -2.33. The van der Waals surface area contributed by atoms with Crippen LogP contribution in [-0.4, -0.2) is 99.3 Å². The molecule has 1 saturated heterocycles. The average Bonchev–Trinajstić information content (AvgIpc) is 3.27. The van der Waals surface area contributed by atoms with Crippen LogP contribution in [0.5, 0.6) is 0 Å². The van der Waals surface area contributed by atoms with Crippen molar-refractivity contribution in [3.05, 3.63) is 12.7 Å². The molecular formula is C13H23N6O13P3. The second kappa shape index (κ2) is 10.5. The van der Waals surface area contributed by atoms with Gasteiger partial charge in [0.05, 0.1) is 19.5 Å². The normalized spacial score (nSPS) is 28.1. The summed E-state index contributed by atoms with van der Waals surface area (Å²) in [5.41, 5.74) is 6.05. The van der Waals surface area contributed by atoms with Gasteiger partial charge in [0, 0.05) is 6.54 Å². The summed E-state index contributed by atoms with van der Waals surface area (Å²) in [5.74, 6) is 0.0469. The van der Waals surface area contributed by atoms with Crippen molar-refractivity contribution in [2.24, 2.45) is 0 Å². The Labute approximate surface area is 196 Å². The molecule has 2 aromatic rings. The molecule has 0 spiro atoms. The number of fused-ring (bicyclic) bond motifs is 1.